The number of hydrogen-bond acceptors (Lipinski definition) is 2. The Bertz CT molecular complexity index is 873. The number of aryl methyl sites for hydroxylation is 2. The summed E-state index contributed by atoms with van der Waals surface area (Å²) in [5, 5.41) is 0. The Kier molecular flexibility index (Phi) is 27.3. The monoisotopic (exact) mass is 653 g/mol. The molecule has 0 N–H and O–H groups in total. The van der Waals surface area contributed by atoms with Crippen molar-refractivity contribution in [2.75, 3.05) is 13.2 Å². The SMILES string of the molecule is CCCCCCCCCCCCCCOc1ccc[n+](CCCCC[n+]2cccc(OCCCCCCCCCCCCCC)c2)c1. The molecule has 0 saturated carbocycles. The van der Waals surface area contributed by atoms with Crippen LogP contribution in [0.4, 0.5) is 0 Å². The first kappa shape index (κ1) is 41.1. The Morgan fingerprint density at radius 2 is 0.681 bits per heavy atom. The highest BCUT2D eigenvalue weighted by Crippen LogP contribution is 2.14. The molecule has 2 aromatic rings. The first-order valence-corrected chi connectivity index (χ1v) is 20.6. The van der Waals surface area contributed by atoms with Crippen LogP contribution >= 0.6 is 0 Å². The highest BCUT2D eigenvalue weighted by atomic mass is 16.5. The molecule has 0 aliphatic heterocycles. The maximum atomic E-state index is 6.08. The summed E-state index contributed by atoms with van der Waals surface area (Å²) >= 11 is 0. The van der Waals surface area contributed by atoms with Crippen molar-refractivity contribution in [3.63, 3.8) is 0 Å². The Morgan fingerprint density at radius 3 is 1.02 bits per heavy atom. The summed E-state index contributed by atoms with van der Waals surface area (Å²) in [6, 6.07) is 8.44. The third-order valence-electron chi connectivity index (χ3n) is 9.53. The highest BCUT2D eigenvalue weighted by Gasteiger charge is 2.07. The fourth-order valence-electron chi connectivity index (χ4n) is 6.48. The molecule has 4 nitrogen and oxygen atoms in total. The standard InChI is InChI=1S/C43H76N2O2/c1-3-5-7-9-11-13-15-17-19-21-23-28-38-46-42-32-30-36-44(40-42)34-26-25-27-35-45-37-31-33-43(41-45)47-39-29-24-22-20-18-16-14-12-10-8-6-4-2/h30-33,36-37,40-41H,3-29,34-35,38-39H2,1-2H3/q+2. The van der Waals surface area contributed by atoms with Gasteiger partial charge in [-0.1, -0.05) is 155 Å². The summed E-state index contributed by atoms with van der Waals surface area (Å²) in [6.07, 6.45) is 45.3. The highest BCUT2D eigenvalue weighted by molar-refractivity contribution is 5.13. The number of nitrogens with zero attached hydrogens (tertiary/aromatic N) is 2. The van der Waals surface area contributed by atoms with Crippen LogP contribution in [0.5, 0.6) is 11.5 Å². The van der Waals surface area contributed by atoms with Crippen LogP contribution in [0.1, 0.15) is 187 Å². The molecule has 0 radical (unpaired) electrons. The topological polar surface area (TPSA) is 26.2 Å². The summed E-state index contributed by atoms with van der Waals surface area (Å²) in [5.41, 5.74) is 0. The molecule has 2 heterocycles. The lowest BCUT2D eigenvalue weighted by molar-refractivity contribution is -0.701. The minimum Gasteiger partial charge on any atom is -0.487 e. The summed E-state index contributed by atoms with van der Waals surface area (Å²) in [6.45, 7) is 8.34. The number of unbranched alkanes of at least 4 members (excludes halogenated alkanes) is 24. The normalized spacial score (nSPS) is 11.3. The Balaban J connectivity index is 1.43. The van der Waals surface area contributed by atoms with Gasteiger partial charge in [0.2, 0.25) is 12.4 Å². The van der Waals surface area contributed by atoms with E-state index in [4.69, 9.17) is 9.47 Å². The molecule has 0 aromatic carbocycles. The second kappa shape index (κ2) is 31.2. The first-order valence-electron chi connectivity index (χ1n) is 20.6. The van der Waals surface area contributed by atoms with E-state index >= 15 is 0 Å². The van der Waals surface area contributed by atoms with Gasteiger partial charge in [-0.05, 0) is 31.4 Å². The minimum atomic E-state index is 0.834. The van der Waals surface area contributed by atoms with Crippen molar-refractivity contribution in [2.24, 2.45) is 0 Å². The van der Waals surface area contributed by atoms with E-state index in [0.717, 1.165) is 50.6 Å². The zero-order valence-electron chi connectivity index (χ0n) is 31.3. The molecule has 0 bridgehead atoms. The van der Waals surface area contributed by atoms with Gasteiger partial charge in [-0.25, -0.2) is 9.13 Å². The minimum absolute atomic E-state index is 0.834. The zero-order valence-corrected chi connectivity index (χ0v) is 31.3. The van der Waals surface area contributed by atoms with Gasteiger partial charge in [-0.2, -0.15) is 0 Å². The molecule has 0 spiro atoms. The summed E-state index contributed by atoms with van der Waals surface area (Å²) in [4.78, 5) is 0. The third kappa shape index (κ3) is 24.7. The summed E-state index contributed by atoms with van der Waals surface area (Å²) in [7, 11) is 0. The smallest absolute Gasteiger partial charge is 0.211 e. The molecule has 0 aliphatic rings. The van der Waals surface area contributed by atoms with Gasteiger partial charge >= 0.3 is 0 Å². The quantitative estimate of drug-likeness (QED) is 0.0555. The predicted octanol–water partition coefficient (Wildman–Crippen LogP) is 12.3. The van der Waals surface area contributed by atoms with Gasteiger partial charge in [0.05, 0.1) is 13.2 Å². The van der Waals surface area contributed by atoms with Crippen LogP contribution in [0.3, 0.4) is 0 Å². The molecular formula is C43H76N2O2+2. The van der Waals surface area contributed by atoms with Gasteiger partial charge in [-0.3, -0.25) is 0 Å². The van der Waals surface area contributed by atoms with Crippen LogP contribution in [-0.4, -0.2) is 13.2 Å². The van der Waals surface area contributed by atoms with Crippen LogP contribution < -0.4 is 18.6 Å². The van der Waals surface area contributed by atoms with Crippen LogP contribution in [0, 0.1) is 0 Å². The Morgan fingerprint density at radius 1 is 0.383 bits per heavy atom. The number of hydrogen-bond donors (Lipinski definition) is 0. The number of pyridine rings is 2. The molecule has 0 atom stereocenters. The van der Waals surface area contributed by atoms with Crippen LogP contribution in [0.15, 0.2) is 49.1 Å². The van der Waals surface area contributed by atoms with Crippen LogP contribution in [-0.2, 0) is 13.1 Å². The fraction of sp³-hybridized carbons (Fsp3) is 0.767. The molecule has 2 rings (SSSR count). The van der Waals surface area contributed by atoms with Crippen LogP contribution in [0.25, 0.3) is 0 Å². The maximum absolute atomic E-state index is 6.08. The molecule has 2 aromatic heterocycles. The molecule has 0 fully saturated rings. The van der Waals surface area contributed by atoms with Gasteiger partial charge in [-0.15, -0.1) is 0 Å². The van der Waals surface area contributed by atoms with E-state index in [9.17, 15) is 0 Å². The predicted molar refractivity (Wildman–Crippen MR) is 200 cm³/mol. The Labute approximate surface area is 292 Å². The van der Waals surface area contributed by atoms with Crippen molar-refractivity contribution < 1.29 is 18.6 Å². The van der Waals surface area contributed by atoms with E-state index < -0.39 is 0 Å². The van der Waals surface area contributed by atoms with Crippen molar-refractivity contribution in [2.45, 2.75) is 200 Å². The van der Waals surface area contributed by atoms with Crippen LogP contribution in [0.2, 0.25) is 0 Å². The third-order valence-corrected chi connectivity index (χ3v) is 9.53. The largest absolute Gasteiger partial charge is 0.487 e. The second-order valence-electron chi connectivity index (χ2n) is 14.1. The average Bonchev–Trinajstić information content (AvgIpc) is 3.09. The van der Waals surface area contributed by atoms with E-state index in [2.05, 4.69) is 72.0 Å². The Hall–Kier alpha value is -2.10. The molecule has 268 valence electrons. The van der Waals surface area contributed by atoms with E-state index in [-0.39, 0.29) is 0 Å². The fourth-order valence-corrected chi connectivity index (χ4v) is 6.48. The molecule has 4 heteroatoms. The molecule has 0 unspecified atom stereocenters. The number of ether oxygens (including phenoxy) is 2. The van der Waals surface area contributed by atoms with Gasteiger partial charge < -0.3 is 9.47 Å². The van der Waals surface area contributed by atoms with E-state index in [0.29, 0.717) is 0 Å². The summed E-state index contributed by atoms with van der Waals surface area (Å²) in [5.74, 6) is 2.01. The lowest BCUT2D eigenvalue weighted by atomic mass is 10.1. The van der Waals surface area contributed by atoms with Crippen molar-refractivity contribution in [3.05, 3.63) is 49.1 Å². The lowest BCUT2D eigenvalue weighted by Crippen LogP contribution is -2.34. The van der Waals surface area contributed by atoms with E-state index in [1.54, 1.807) is 0 Å². The van der Waals surface area contributed by atoms with Crippen molar-refractivity contribution in [1.29, 1.82) is 0 Å². The average molecular weight is 653 g/mol. The van der Waals surface area contributed by atoms with E-state index in [1.807, 2.05) is 0 Å². The van der Waals surface area contributed by atoms with Gasteiger partial charge in [0.1, 0.15) is 13.1 Å². The molecule has 47 heavy (non-hydrogen) atoms. The van der Waals surface area contributed by atoms with Crippen molar-refractivity contribution >= 4 is 0 Å². The maximum Gasteiger partial charge on any atom is 0.211 e. The van der Waals surface area contributed by atoms with Gasteiger partial charge in [0, 0.05) is 25.0 Å². The van der Waals surface area contributed by atoms with Gasteiger partial charge in [0.15, 0.2) is 23.9 Å². The molecule has 0 amide bonds. The van der Waals surface area contributed by atoms with Gasteiger partial charge in [0.25, 0.3) is 0 Å². The zero-order chi connectivity index (χ0) is 33.3. The molecule has 0 aliphatic carbocycles. The lowest BCUT2D eigenvalue weighted by Gasteiger charge is -2.06. The number of aromatic nitrogens is 2. The molecule has 0 saturated heterocycles. The number of rotatable bonds is 34. The van der Waals surface area contributed by atoms with Crippen molar-refractivity contribution in [1.82, 2.24) is 0 Å². The molecular weight excluding hydrogens is 576 g/mol. The summed E-state index contributed by atoms with van der Waals surface area (Å²) < 4.78 is 16.7. The first-order chi connectivity index (χ1) is 23.3. The van der Waals surface area contributed by atoms with E-state index in [1.165, 1.54) is 161 Å². The second-order valence-corrected chi connectivity index (χ2v) is 14.1. The van der Waals surface area contributed by atoms with Crippen molar-refractivity contribution in [3.8, 4) is 11.5 Å².